The Hall–Kier alpha value is -2.21. The number of amides is 1. The number of hydrogen-bond donors (Lipinski definition) is 1. The first-order valence-electron chi connectivity index (χ1n) is 7.87. The van der Waals surface area contributed by atoms with Gasteiger partial charge in [-0.2, -0.15) is 0 Å². The van der Waals surface area contributed by atoms with Crippen molar-refractivity contribution in [1.82, 2.24) is 5.32 Å². The van der Waals surface area contributed by atoms with E-state index in [1.807, 2.05) is 25.1 Å². The fourth-order valence-electron chi connectivity index (χ4n) is 2.38. The highest BCUT2D eigenvalue weighted by Crippen LogP contribution is 2.29. The van der Waals surface area contributed by atoms with E-state index in [0.29, 0.717) is 23.0 Å². The quantitative estimate of drug-likeness (QED) is 0.771. The second-order valence-electron chi connectivity index (χ2n) is 5.52. The van der Waals surface area contributed by atoms with Gasteiger partial charge in [0.15, 0.2) is 0 Å². The van der Waals surface area contributed by atoms with Crippen LogP contribution in [0.25, 0.3) is 0 Å². The summed E-state index contributed by atoms with van der Waals surface area (Å²) in [7, 11) is 3.19. The van der Waals surface area contributed by atoms with Crippen molar-refractivity contribution >= 4 is 17.7 Å². The van der Waals surface area contributed by atoms with Gasteiger partial charge < -0.3 is 14.8 Å². The minimum atomic E-state index is -0.257. The summed E-state index contributed by atoms with van der Waals surface area (Å²) in [5.74, 6) is 2.07. The van der Waals surface area contributed by atoms with Gasteiger partial charge in [0, 0.05) is 11.3 Å². The molecule has 6 heteroatoms. The second kappa shape index (κ2) is 9.32. The Balaban J connectivity index is 1.88. The van der Waals surface area contributed by atoms with Gasteiger partial charge in [-0.1, -0.05) is 12.1 Å². The third-order valence-electron chi connectivity index (χ3n) is 3.70. The molecule has 2 aromatic rings. The lowest BCUT2D eigenvalue weighted by Gasteiger charge is -2.18. The van der Waals surface area contributed by atoms with Gasteiger partial charge >= 0.3 is 0 Å². The van der Waals surface area contributed by atoms with Crippen molar-refractivity contribution < 1.29 is 18.7 Å². The van der Waals surface area contributed by atoms with E-state index in [-0.39, 0.29) is 17.8 Å². The molecule has 0 spiro atoms. The Morgan fingerprint density at radius 1 is 1.16 bits per heavy atom. The lowest BCUT2D eigenvalue weighted by atomic mass is 10.1. The average molecular weight is 363 g/mol. The minimum absolute atomic E-state index is 0.0653. The molecule has 1 atom stereocenters. The molecule has 0 saturated carbocycles. The minimum Gasteiger partial charge on any atom is -0.497 e. The SMILES string of the molecule is COc1ccc(OC)c([C@@H](C)NC(=O)CSCc2ccc(F)cc2)c1. The number of nitrogens with one attached hydrogen (secondary N) is 1. The van der Waals surface area contributed by atoms with Crippen LogP contribution in [-0.4, -0.2) is 25.9 Å². The molecule has 0 aliphatic carbocycles. The van der Waals surface area contributed by atoms with Gasteiger partial charge in [-0.25, -0.2) is 4.39 Å². The van der Waals surface area contributed by atoms with Gasteiger partial charge in [0.05, 0.1) is 26.0 Å². The molecule has 1 N–H and O–H groups in total. The highest BCUT2D eigenvalue weighted by molar-refractivity contribution is 7.99. The molecule has 0 aliphatic heterocycles. The number of carbonyl (C=O) groups excluding carboxylic acids is 1. The van der Waals surface area contributed by atoms with Crippen molar-refractivity contribution in [2.75, 3.05) is 20.0 Å². The maximum atomic E-state index is 12.9. The summed E-state index contributed by atoms with van der Waals surface area (Å²) >= 11 is 1.48. The van der Waals surface area contributed by atoms with Crippen molar-refractivity contribution in [3.63, 3.8) is 0 Å². The smallest absolute Gasteiger partial charge is 0.230 e. The van der Waals surface area contributed by atoms with E-state index in [1.54, 1.807) is 26.4 Å². The first kappa shape index (κ1) is 19.1. The van der Waals surface area contributed by atoms with Crippen LogP contribution in [0.15, 0.2) is 42.5 Å². The van der Waals surface area contributed by atoms with Crippen LogP contribution in [0.1, 0.15) is 24.1 Å². The van der Waals surface area contributed by atoms with Crippen LogP contribution in [0.5, 0.6) is 11.5 Å². The first-order valence-corrected chi connectivity index (χ1v) is 9.02. The van der Waals surface area contributed by atoms with Crippen LogP contribution >= 0.6 is 11.8 Å². The lowest BCUT2D eigenvalue weighted by molar-refractivity contribution is -0.119. The van der Waals surface area contributed by atoms with Crippen molar-refractivity contribution in [3.8, 4) is 11.5 Å². The van der Waals surface area contributed by atoms with Crippen molar-refractivity contribution in [2.24, 2.45) is 0 Å². The Labute approximate surface area is 151 Å². The summed E-state index contributed by atoms with van der Waals surface area (Å²) < 4.78 is 23.5. The van der Waals surface area contributed by atoms with E-state index >= 15 is 0 Å². The summed E-state index contributed by atoms with van der Waals surface area (Å²) in [5.41, 5.74) is 1.85. The van der Waals surface area contributed by atoms with Gasteiger partial charge in [0.25, 0.3) is 0 Å². The molecule has 4 nitrogen and oxygen atoms in total. The zero-order chi connectivity index (χ0) is 18.2. The van der Waals surface area contributed by atoms with Gasteiger partial charge in [-0.3, -0.25) is 4.79 Å². The predicted molar refractivity (Wildman–Crippen MR) is 98.7 cm³/mol. The van der Waals surface area contributed by atoms with Gasteiger partial charge in [-0.05, 0) is 42.8 Å². The number of rotatable bonds is 8. The summed E-state index contributed by atoms with van der Waals surface area (Å²) in [6.45, 7) is 1.90. The Morgan fingerprint density at radius 3 is 2.52 bits per heavy atom. The normalized spacial score (nSPS) is 11.7. The number of methoxy groups -OCH3 is 2. The van der Waals surface area contributed by atoms with E-state index in [4.69, 9.17) is 9.47 Å². The molecule has 0 bridgehead atoms. The molecule has 1 amide bonds. The molecule has 0 saturated heterocycles. The molecule has 0 aromatic heterocycles. The lowest BCUT2D eigenvalue weighted by Crippen LogP contribution is -2.28. The largest absolute Gasteiger partial charge is 0.497 e. The molecule has 134 valence electrons. The van der Waals surface area contributed by atoms with Crippen LogP contribution < -0.4 is 14.8 Å². The summed E-state index contributed by atoms with van der Waals surface area (Å²) in [5, 5.41) is 2.96. The topological polar surface area (TPSA) is 47.6 Å². The van der Waals surface area contributed by atoms with Gasteiger partial charge in [0.1, 0.15) is 17.3 Å². The van der Waals surface area contributed by atoms with Crippen LogP contribution in [-0.2, 0) is 10.5 Å². The fraction of sp³-hybridized carbons (Fsp3) is 0.316. The molecule has 0 unspecified atom stereocenters. The number of hydrogen-bond acceptors (Lipinski definition) is 4. The van der Waals surface area contributed by atoms with E-state index in [2.05, 4.69) is 5.32 Å². The van der Waals surface area contributed by atoms with Gasteiger partial charge in [0.2, 0.25) is 5.91 Å². The van der Waals surface area contributed by atoms with E-state index < -0.39 is 0 Å². The van der Waals surface area contributed by atoms with Crippen LogP contribution in [0.2, 0.25) is 0 Å². The predicted octanol–water partition coefficient (Wildman–Crippen LogP) is 3.95. The van der Waals surface area contributed by atoms with E-state index in [0.717, 1.165) is 11.1 Å². The number of halogens is 1. The van der Waals surface area contributed by atoms with Crippen LogP contribution in [0.4, 0.5) is 4.39 Å². The molecule has 2 rings (SSSR count). The summed E-state index contributed by atoms with van der Waals surface area (Å²) in [4.78, 5) is 12.2. The molecular formula is C19H22FNO3S. The zero-order valence-corrected chi connectivity index (χ0v) is 15.4. The number of ether oxygens (including phenoxy) is 2. The second-order valence-corrected chi connectivity index (χ2v) is 6.50. The molecule has 2 aromatic carbocycles. The number of carbonyl (C=O) groups is 1. The molecular weight excluding hydrogens is 341 g/mol. The van der Waals surface area contributed by atoms with Crippen LogP contribution in [0.3, 0.4) is 0 Å². The first-order chi connectivity index (χ1) is 12.0. The maximum absolute atomic E-state index is 12.9. The monoisotopic (exact) mass is 363 g/mol. The highest BCUT2D eigenvalue weighted by Gasteiger charge is 2.15. The molecule has 25 heavy (non-hydrogen) atoms. The molecule has 0 aliphatic rings. The fourth-order valence-corrected chi connectivity index (χ4v) is 3.18. The Kier molecular flexibility index (Phi) is 7.13. The standard InChI is InChI=1S/C19H22FNO3S/c1-13(17-10-16(23-2)8-9-18(17)24-3)21-19(22)12-25-11-14-4-6-15(20)7-5-14/h4-10,13H,11-12H2,1-3H3,(H,21,22)/t13-/m1/s1. The van der Waals surface area contributed by atoms with Crippen molar-refractivity contribution in [2.45, 2.75) is 18.7 Å². The number of thioether (sulfide) groups is 1. The van der Waals surface area contributed by atoms with Crippen LogP contribution in [0, 0.1) is 5.82 Å². The average Bonchev–Trinajstić information content (AvgIpc) is 2.62. The molecule has 0 fully saturated rings. The zero-order valence-electron chi connectivity index (χ0n) is 14.5. The highest BCUT2D eigenvalue weighted by atomic mass is 32.2. The Bertz CT molecular complexity index is 706. The van der Waals surface area contributed by atoms with E-state index in [1.165, 1.54) is 23.9 Å². The summed E-state index contributed by atoms with van der Waals surface area (Å²) in [6, 6.07) is 11.6. The third-order valence-corrected chi connectivity index (χ3v) is 4.70. The van der Waals surface area contributed by atoms with E-state index in [9.17, 15) is 9.18 Å². The molecule has 0 heterocycles. The molecule has 0 radical (unpaired) electrons. The Morgan fingerprint density at radius 2 is 1.88 bits per heavy atom. The van der Waals surface area contributed by atoms with Gasteiger partial charge in [-0.15, -0.1) is 11.8 Å². The third kappa shape index (κ3) is 5.67. The van der Waals surface area contributed by atoms with Crippen molar-refractivity contribution in [3.05, 3.63) is 59.4 Å². The summed E-state index contributed by atoms with van der Waals surface area (Å²) in [6.07, 6.45) is 0. The van der Waals surface area contributed by atoms with Crippen molar-refractivity contribution in [1.29, 1.82) is 0 Å². The maximum Gasteiger partial charge on any atom is 0.230 e. The number of benzene rings is 2.